The van der Waals surface area contributed by atoms with Gasteiger partial charge in [0.15, 0.2) is 4.34 Å². The molecular weight excluding hydrogens is 288 g/mol. The van der Waals surface area contributed by atoms with Crippen molar-refractivity contribution in [2.75, 3.05) is 5.73 Å². The molecule has 0 aliphatic heterocycles. The fourth-order valence-electron chi connectivity index (χ4n) is 2.03. The van der Waals surface area contributed by atoms with E-state index in [2.05, 4.69) is 11.1 Å². The van der Waals surface area contributed by atoms with Crippen LogP contribution in [0.25, 0.3) is 10.2 Å². The Balaban J connectivity index is 1.88. The van der Waals surface area contributed by atoms with Gasteiger partial charge in [0.1, 0.15) is 0 Å². The van der Waals surface area contributed by atoms with E-state index in [1.807, 2.05) is 43.3 Å². The van der Waals surface area contributed by atoms with Crippen LogP contribution >= 0.6 is 11.3 Å². The van der Waals surface area contributed by atoms with Crippen molar-refractivity contribution in [2.24, 2.45) is 0 Å². The molecule has 5 heteroatoms. The summed E-state index contributed by atoms with van der Waals surface area (Å²) in [6.45, 7) is 2.03. The number of aryl methyl sites for hydroxylation is 1. The van der Waals surface area contributed by atoms with Crippen molar-refractivity contribution < 1.29 is 4.21 Å². The lowest BCUT2D eigenvalue weighted by atomic mass is 10.2. The molecule has 2 N–H and O–H groups in total. The Morgan fingerprint density at radius 3 is 2.90 bits per heavy atom. The Morgan fingerprint density at radius 2 is 2.10 bits per heavy atom. The Kier molecular flexibility index (Phi) is 3.54. The molecule has 3 rings (SSSR count). The zero-order valence-corrected chi connectivity index (χ0v) is 12.6. The molecule has 0 saturated heterocycles. The van der Waals surface area contributed by atoms with Gasteiger partial charge < -0.3 is 5.73 Å². The van der Waals surface area contributed by atoms with Crippen LogP contribution in [0.2, 0.25) is 0 Å². The lowest BCUT2D eigenvalue weighted by Crippen LogP contribution is -1.96. The molecule has 0 radical (unpaired) electrons. The van der Waals surface area contributed by atoms with Crippen molar-refractivity contribution >= 4 is 38.0 Å². The van der Waals surface area contributed by atoms with Crippen LogP contribution in [-0.4, -0.2) is 9.19 Å². The first-order chi connectivity index (χ1) is 9.61. The first kappa shape index (κ1) is 13.3. The highest BCUT2D eigenvalue weighted by Crippen LogP contribution is 2.27. The average molecular weight is 302 g/mol. The number of nitrogen functional groups attached to an aromatic ring is 1. The van der Waals surface area contributed by atoms with Crippen LogP contribution in [0, 0.1) is 6.92 Å². The van der Waals surface area contributed by atoms with Crippen LogP contribution in [0.15, 0.2) is 46.8 Å². The topological polar surface area (TPSA) is 56.0 Å². The molecule has 1 aromatic heterocycles. The van der Waals surface area contributed by atoms with Crippen molar-refractivity contribution in [3.8, 4) is 0 Å². The van der Waals surface area contributed by atoms with Crippen LogP contribution in [0.4, 0.5) is 5.69 Å². The SMILES string of the molecule is Cc1cccc(CS(=O)c2nc3ccc(N)cc3s2)c1. The van der Waals surface area contributed by atoms with Crippen molar-refractivity contribution in [3.63, 3.8) is 0 Å². The number of aromatic nitrogens is 1. The maximum atomic E-state index is 12.4. The molecule has 0 fully saturated rings. The molecule has 0 aliphatic carbocycles. The summed E-state index contributed by atoms with van der Waals surface area (Å²) in [5, 5.41) is 0. The lowest BCUT2D eigenvalue weighted by molar-refractivity contribution is 0.682. The van der Waals surface area contributed by atoms with E-state index in [1.165, 1.54) is 16.9 Å². The van der Waals surface area contributed by atoms with Gasteiger partial charge in [-0.25, -0.2) is 4.98 Å². The quantitative estimate of drug-likeness (QED) is 0.753. The Labute approximate surface area is 123 Å². The van der Waals surface area contributed by atoms with Gasteiger partial charge in [0.25, 0.3) is 0 Å². The highest BCUT2D eigenvalue weighted by Gasteiger charge is 2.11. The van der Waals surface area contributed by atoms with E-state index in [-0.39, 0.29) is 0 Å². The fourth-order valence-corrected chi connectivity index (χ4v) is 4.40. The zero-order chi connectivity index (χ0) is 14.1. The fraction of sp³-hybridized carbons (Fsp3) is 0.133. The van der Waals surface area contributed by atoms with Gasteiger partial charge in [-0.2, -0.15) is 0 Å². The predicted molar refractivity (Wildman–Crippen MR) is 85.3 cm³/mol. The number of fused-ring (bicyclic) bond motifs is 1. The Hall–Kier alpha value is -1.72. The van der Waals surface area contributed by atoms with E-state index in [9.17, 15) is 4.21 Å². The molecule has 1 atom stereocenters. The lowest BCUT2D eigenvalue weighted by Gasteiger charge is -2.00. The summed E-state index contributed by atoms with van der Waals surface area (Å²) in [4.78, 5) is 4.44. The van der Waals surface area contributed by atoms with Crippen LogP contribution in [-0.2, 0) is 16.6 Å². The molecule has 3 aromatic rings. The molecule has 1 heterocycles. The van der Waals surface area contributed by atoms with Crippen molar-refractivity contribution in [1.29, 1.82) is 0 Å². The minimum Gasteiger partial charge on any atom is -0.399 e. The van der Waals surface area contributed by atoms with Gasteiger partial charge in [-0.15, -0.1) is 11.3 Å². The summed E-state index contributed by atoms with van der Waals surface area (Å²) < 4.78 is 14.1. The molecule has 0 aliphatic rings. The maximum absolute atomic E-state index is 12.4. The standard InChI is InChI=1S/C15H14N2OS2/c1-10-3-2-4-11(7-10)9-20(18)15-17-13-6-5-12(16)8-14(13)19-15/h2-8H,9,16H2,1H3. The Morgan fingerprint density at radius 1 is 1.25 bits per heavy atom. The van der Waals surface area contributed by atoms with Crippen molar-refractivity contribution in [1.82, 2.24) is 4.98 Å². The van der Waals surface area contributed by atoms with Crippen molar-refractivity contribution in [2.45, 2.75) is 17.0 Å². The highest BCUT2D eigenvalue weighted by molar-refractivity contribution is 7.86. The summed E-state index contributed by atoms with van der Waals surface area (Å²) in [7, 11) is -1.12. The van der Waals surface area contributed by atoms with E-state index >= 15 is 0 Å². The second kappa shape index (κ2) is 5.34. The van der Waals surface area contributed by atoms with Crippen molar-refractivity contribution in [3.05, 3.63) is 53.6 Å². The Bertz CT molecular complexity index is 795. The molecule has 3 nitrogen and oxygen atoms in total. The third-order valence-corrected chi connectivity index (χ3v) is 5.66. The number of benzene rings is 2. The van der Waals surface area contributed by atoms with Gasteiger partial charge in [-0.05, 0) is 30.7 Å². The molecule has 0 bridgehead atoms. The maximum Gasteiger partial charge on any atom is 0.182 e. The molecule has 0 spiro atoms. The first-order valence-electron chi connectivity index (χ1n) is 6.22. The minimum atomic E-state index is -1.12. The number of anilines is 1. The molecule has 1 unspecified atom stereocenters. The molecule has 102 valence electrons. The smallest absolute Gasteiger partial charge is 0.182 e. The van der Waals surface area contributed by atoms with Crippen LogP contribution in [0.5, 0.6) is 0 Å². The van der Waals surface area contributed by atoms with Gasteiger partial charge in [0.05, 0.1) is 26.8 Å². The number of hydrogen-bond acceptors (Lipinski definition) is 4. The number of hydrogen-bond donors (Lipinski definition) is 1. The van der Waals surface area contributed by atoms with E-state index in [0.717, 1.165) is 15.8 Å². The number of rotatable bonds is 3. The number of nitrogens with zero attached hydrogens (tertiary/aromatic N) is 1. The molecule has 2 aromatic carbocycles. The van der Waals surface area contributed by atoms with Gasteiger partial charge in [-0.3, -0.25) is 4.21 Å². The van der Waals surface area contributed by atoms with Gasteiger partial charge in [0, 0.05) is 5.69 Å². The monoisotopic (exact) mass is 302 g/mol. The highest BCUT2D eigenvalue weighted by atomic mass is 32.2. The second-order valence-electron chi connectivity index (χ2n) is 4.69. The van der Waals surface area contributed by atoms with Crippen LogP contribution < -0.4 is 5.73 Å². The zero-order valence-electron chi connectivity index (χ0n) is 11.0. The molecule has 20 heavy (non-hydrogen) atoms. The van der Waals surface area contributed by atoms with E-state index in [0.29, 0.717) is 15.8 Å². The third-order valence-electron chi connectivity index (χ3n) is 2.97. The minimum absolute atomic E-state index is 0.497. The number of nitrogens with two attached hydrogens (primary N) is 1. The molecule has 0 amide bonds. The molecular formula is C15H14N2OS2. The van der Waals surface area contributed by atoms with Gasteiger partial charge in [-0.1, -0.05) is 29.8 Å². The van der Waals surface area contributed by atoms with Crippen LogP contribution in [0.1, 0.15) is 11.1 Å². The summed E-state index contributed by atoms with van der Waals surface area (Å²) in [6, 6.07) is 13.6. The van der Waals surface area contributed by atoms with Gasteiger partial charge in [0.2, 0.25) is 0 Å². The molecule has 0 saturated carbocycles. The predicted octanol–water partition coefficient (Wildman–Crippen LogP) is 3.49. The van der Waals surface area contributed by atoms with Gasteiger partial charge >= 0.3 is 0 Å². The van der Waals surface area contributed by atoms with Crippen LogP contribution in [0.3, 0.4) is 0 Å². The number of thiazole rings is 1. The normalized spacial score (nSPS) is 12.7. The second-order valence-corrected chi connectivity index (χ2v) is 7.34. The third kappa shape index (κ3) is 2.73. The first-order valence-corrected chi connectivity index (χ1v) is 8.35. The van der Waals surface area contributed by atoms with E-state index < -0.39 is 10.8 Å². The largest absolute Gasteiger partial charge is 0.399 e. The average Bonchev–Trinajstić information content (AvgIpc) is 2.81. The van der Waals surface area contributed by atoms with E-state index in [1.54, 1.807) is 0 Å². The summed E-state index contributed by atoms with van der Waals surface area (Å²) in [5.41, 5.74) is 9.57. The summed E-state index contributed by atoms with van der Waals surface area (Å²) in [6.07, 6.45) is 0. The van der Waals surface area contributed by atoms with E-state index in [4.69, 9.17) is 5.73 Å². The summed E-state index contributed by atoms with van der Waals surface area (Å²) in [5.74, 6) is 0.497. The summed E-state index contributed by atoms with van der Waals surface area (Å²) >= 11 is 1.45.